The fourth-order valence-corrected chi connectivity index (χ4v) is 2.31. The Morgan fingerprint density at radius 3 is 2.96 bits per heavy atom. The Labute approximate surface area is 137 Å². The van der Waals surface area contributed by atoms with Gasteiger partial charge in [0, 0.05) is 17.3 Å². The van der Waals surface area contributed by atoms with E-state index in [1.807, 2.05) is 0 Å². The third-order valence-corrected chi connectivity index (χ3v) is 3.54. The summed E-state index contributed by atoms with van der Waals surface area (Å²) in [4.78, 5) is 23.6. The van der Waals surface area contributed by atoms with Crippen LogP contribution in [0.4, 0.5) is 15.8 Å². The summed E-state index contributed by atoms with van der Waals surface area (Å²) >= 11 is 0. The first-order valence-corrected chi connectivity index (χ1v) is 7.24. The number of hydrogen-bond acceptors (Lipinski definition) is 5. The Morgan fingerprint density at radius 1 is 1.33 bits per heavy atom. The van der Waals surface area contributed by atoms with Gasteiger partial charge >= 0.3 is 0 Å². The van der Waals surface area contributed by atoms with Crippen LogP contribution in [0.15, 0.2) is 36.4 Å². The number of methoxy groups -OCH3 is 1. The highest BCUT2D eigenvalue weighted by Crippen LogP contribution is 2.28. The highest BCUT2D eigenvalue weighted by molar-refractivity contribution is 6.02. The van der Waals surface area contributed by atoms with E-state index in [1.54, 1.807) is 18.2 Å². The summed E-state index contributed by atoms with van der Waals surface area (Å²) in [7, 11) is 1.37. The molecule has 0 fully saturated rings. The number of fused-ring (bicyclic) bond motifs is 1. The molecule has 0 aliphatic carbocycles. The van der Waals surface area contributed by atoms with Gasteiger partial charge in [0.1, 0.15) is 5.75 Å². The number of amides is 1. The molecule has 0 saturated carbocycles. The Balaban J connectivity index is 1.69. The topological polar surface area (TPSA) is 76.7 Å². The Kier molecular flexibility index (Phi) is 4.33. The van der Waals surface area contributed by atoms with Crippen LogP contribution < -0.4 is 20.1 Å². The third kappa shape index (κ3) is 3.29. The normalized spacial score (nSPS) is 12.7. The summed E-state index contributed by atoms with van der Waals surface area (Å²) in [6.07, 6.45) is 0. The van der Waals surface area contributed by atoms with E-state index in [0.29, 0.717) is 22.7 Å². The van der Waals surface area contributed by atoms with Gasteiger partial charge in [-0.15, -0.1) is 0 Å². The zero-order valence-corrected chi connectivity index (χ0v) is 12.9. The number of anilines is 2. The van der Waals surface area contributed by atoms with Gasteiger partial charge in [0.05, 0.1) is 19.3 Å². The Bertz CT molecular complexity index is 807. The van der Waals surface area contributed by atoms with E-state index in [4.69, 9.17) is 9.47 Å². The number of ketones is 1. The second kappa shape index (κ2) is 6.57. The minimum atomic E-state index is -0.472. The first-order valence-electron chi connectivity index (χ1n) is 7.24. The van der Waals surface area contributed by atoms with Crippen molar-refractivity contribution in [3.05, 3.63) is 47.8 Å². The Hall–Kier alpha value is -3.09. The lowest BCUT2D eigenvalue weighted by atomic mass is 10.1. The summed E-state index contributed by atoms with van der Waals surface area (Å²) in [5.41, 5.74) is 1.47. The smallest absolute Gasteiger partial charge is 0.262 e. The standard InChI is InChI=1S/C17H15FN2O4/c1-23-16-7-11(3-4-12(16)18)19-8-14(21)10-2-5-15-13(6-10)20-17(22)9-24-15/h2-7,19H,8-9H2,1H3,(H,20,22). The van der Waals surface area contributed by atoms with Gasteiger partial charge in [-0.2, -0.15) is 0 Å². The maximum atomic E-state index is 13.4. The molecule has 24 heavy (non-hydrogen) atoms. The number of Topliss-reactive ketones (excluding diaryl/α,β-unsaturated/α-hetero) is 1. The van der Waals surface area contributed by atoms with Crippen molar-refractivity contribution in [2.45, 2.75) is 0 Å². The van der Waals surface area contributed by atoms with Crippen LogP contribution in [0.1, 0.15) is 10.4 Å². The lowest BCUT2D eigenvalue weighted by Crippen LogP contribution is -2.25. The summed E-state index contributed by atoms with van der Waals surface area (Å²) in [6.45, 7) is -0.0172. The molecule has 0 saturated heterocycles. The summed E-state index contributed by atoms with van der Waals surface area (Å²) in [5, 5.41) is 5.57. The van der Waals surface area contributed by atoms with Gasteiger partial charge in [-0.05, 0) is 30.3 Å². The molecule has 1 aliphatic rings. The molecule has 7 heteroatoms. The number of carbonyl (C=O) groups is 2. The predicted molar refractivity (Wildman–Crippen MR) is 86.3 cm³/mol. The summed E-state index contributed by atoms with van der Waals surface area (Å²) in [6, 6.07) is 9.10. The van der Waals surface area contributed by atoms with Crippen molar-refractivity contribution in [2.24, 2.45) is 0 Å². The molecule has 6 nitrogen and oxygen atoms in total. The van der Waals surface area contributed by atoms with Crippen molar-refractivity contribution in [2.75, 3.05) is 30.9 Å². The van der Waals surface area contributed by atoms with Gasteiger partial charge < -0.3 is 20.1 Å². The number of halogens is 1. The van der Waals surface area contributed by atoms with Crippen LogP contribution in [0.2, 0.25) is 0 Å². The van der Waals surface area contributed by atoms with Gasteiger partial charge in [-0.1, -0.05) is 0 Å². The van der Waals surface area contributed by atoms with Crippen LogP contribution in [0.3, 0.4) is 0 Å². The summed E-state index contributed by atoms with van der Waals surface area (Å²) < 4.78 is 23.5. The molecular weight excluding hydrogens is 315 g/mol. The maximum Gasteiger partial charge on any atom is 0.262 e. The quantitative estimate of drug-likeness (QED) is 0.824. The molecule has 0 atom stereocenters. The molecule has 0 spiro atoms. The van der Waals surface area contributed by atoms with Crippen LogP contribution in [0.5, 0.6) is 11.5 Å². The van der Waals surface area contributed by atoms with Crippen LogP contribution in [0, 0.1) is 5.82 Å². The SMILES string of the molecule is COc1cc(NCC(=O)c2ccc3c(c2)NC(=O)CO3)ccc1F. The maximum absolute atomic E-state index is 13.4. The predicted octanol–water partition coefficient (Wildman–Crippen LogP) is 2.46. The van der Waals surface area contributed by atoms with Crippen molar-refractivity contribution in [3.63, 3.8) is 0 Å². The van der Waals surface area contributed by atoms with E-state index in [0.717, 1.165) is 0 Å². The molecule has 2 aromatic carbocycles. The first-order chi connectivity index (χ1) is 11.6. The van der Waals surface area contributed by atoms with E-state index < -0.39 is 5.82 Å². The molecule has 2 N–H and O–H groups in total. The molecule has 0 aromatic heterocycles. The minimum absolute atomic E-state index is 0.0162. The van der Waals surface area contributed by atoms with Crippen molar-refractivity contribution >= 4 is 23.1 Å². The molecular formula is C17H15FN2O4. The lowest BCUT2D eigenvalue weighted by molar-refractivity contribution is -0.118. The summed E-state index contributed by atoms with van der Waals surface area (Å²) in [5.74, 6) is -0.284. The number of nitrogens with one attached hydrogen (secondary N) is 2. The van der Waals surface area contributed by atoms with Crippen molar-refractivity contribution in [3.8, 4) is 11.5 Å². The molecule has 1 aliphatic heterocycles. The lowest BCUT2D eigenvalue weighted by Gasteiger charge is -2.18. The average Bonchev–Trinajstić information content (AvgIpc) is 2.60. The van der Waals surface area contributed by atoms with E-state index in [-0.39, 0.29) is 30.6 Å². The van der Waals surface area contributed by atoms with E-state index in [9.17, 15) is 14.0 Å². The zero-order chi connectivity index (χ0) is 17.1. The number of benzene rings is 2. The number of rotatable bonds is 5. The largest absolute Gasteiger partial charge is 0.494 e. The molecule has 1 amide bonds. The molecule has 0 radical (unpaired) electrons. The monoisotopic (exact) mass is 330 g/mol. The molecule has 3 rings (SSSR count). The van der Waals surface area contributed by atoms with Gasteiger partial charge in [-0.3, -0.25) is 9.59 Å². The van der Waals surface area contributed by atoms with Crippen LogP contribution >= 0.6 is 0 Å². The van der Waals surface area contributed by atoms with Crippen molar-refractivity contribution < 1.29 is 23.5 Å². The first kappa shape index (κ1) is 15.8. The number of carbonyl (C=O) groups excluding carboxylic acids is 2. The Morgan fingerprint density at radius 2 is 2.17 bits per heavy atom. The van der Waals surface area contributed by atoms with Gasteiger partial charge in [0.25, 0.3) is 5.91 Å². The fourth-order valence-electron chi connectivity index (χ4n) is 2.31. The molecule has 0 bridgehead atoms. The van der Waals surface area contributed by atoms with Gasteiger partial charge in [0.2, 0.25) is 0 Å². The van der Waals surface area contributed by atoms with Crippen molar-refractivity contribution in [1.29, 1.82) is 0 Å². The van der Waals surface area contributed by atoms with E-state index in [2.05, 4.69) is 10.6 Å². The van der Waals surface area contributed by atoms with Gasteiger partial charge in [0.15, 0.2) is 24.0 Å². The van der Waals surface area contributed by atoms with Crippen LogP contribution in [-0.2, 0) is 4.79 Å². The minimum Gasteiger partial charge on any atom is -0.494 e. The molecule has 124 valence electrons. The number of hydrogen-bond donors (Lipinski definition) is 2. The van der Waals surface area contributed by atoms with E-state index in [1.165, 1.54) is 25.3 Å². The fraction of sp³-hybridized carbons (Fsp3) is 0.176. The second-order valence-electron chi connectivity index (χ2n) is 5.17. The highest BCUT2D eigenvalue weighted by Gasteiger charge is 2.17. The van der Waals surface area contributed by atoms with Gasteiger partial charge in [-0.25, -0.2) is 4.39 Å². The molecule has 1 heterocycles. The highest BCUT2D eigenvalue weighted by atomic mass is 19.1. The number of ether oxygens (including phenoxy) is 2. The average molecular weight is 330 g/mol. The third-order valence-electron chi connectivity index (χ3n) is 3.54. The van der Waals surface area contributed by atoms with Crippen LogP contribution in [-0.4, -0.2) is 32.0 Å². The second-order valence-corrected chi connectivity index (χ2v) is 5.17. The van der Waals surface area contributed by atoms with E-state index >= 15 is 0 Å². The zero-order valence-electron chi connectivity index (χ0n) is 12.9. The molecule has 0 unspecified atom stereocenters. The molecule has 2 aromatic rings. The van der Waals surface area contributed by atoms with Crippen LogP contribution in [0.25, 0.3) is 0 Å². The van der Waals surface area contributed by atoms with Crippen molar-refractivity contribution in [1.82, 2.24) is 0 Å².